The van der Waals surface area contributed by atoms with Crippen LogP contribution in [0.1, 0.15) is 23.2 Å². The molecule has 1 aliphatic rings. The molecule has 1 aromatic heterocycles. The van der Waals surface area contributed by atoms with E-state index in [-0.39, 0.29) is 0 Å². The summed E-state index contributed by atoms with van der Waals surface area (Å²) in [6.45, 7) is 2.09. The molecule has 1 saturated heterocycles. The number of nitrogens with zero attached hydrogens (tertiary/aromatic N) is 2. The Hall–Kier alpha value is -3.51. The van der Waals surface area contributed by atoms with Crippen molar-refractivity contribution in [3.8, 4) is 16.9 Å². The molecule has 1 aliphatic heterocycles. The second-order valence-electron chi connectivity index (χ2n) is 9.08. The minimum Gasteiger partial charge on any atom is -0.497 e. The number of methoxy groups -OCH3 is 1. The summed E-state index contributed by atoms with van der Waals surface area (Å²) in [5.74, 6) is 0.331. The Morgan fingerprint density at radius 2 is 1.82 bits per heavy atom. The van der Waals surface area contributed by atoms with Crippen molar-refractivity contribution in [3.05, 3.63) is 60.2 Å². The van der Waals surface area contributed by atoms with Crippen molar-refractivity contribution in [1.82, 2.24) is 9.88 Å². The van der Waals surface area contributed by atoms with Crippen LogP contribution in [0, 0.1) is 0 Å². The number of amides is 1. The molecule has 1 fully saturated rings. The van der Waals surface area contributed by atoms with Crippen molar-refractivity contribution < 1.29 is 9.53 Å². The number of H-pyrrole nitrogens is 1. The maximum atomic E-state index is 12.4. The quantitative estimate of drug-likeness (QED) is 0.473. The van der Waals surface area contributed by atoms with E-state index in [9.17, 15) is 4.79 Å². The molecular formula is C27H30N4O2. The van der Waals surface area contributed by atoms with Gasteiger partial charge >= 0.3 is 0 Å². The molecular weight excluding hydrogens is 412 g/mol. The molecule has 0 aliphatic carbocycles. The maximum Gasteiger partial charge on any atom is 0.250 e. The molecule has 0 radical (unpaired) electrons. The molecule has 0 atom stereocenters. The monoisotopic (exact) mass is 442 g/mol. The fourth-order valence-corrected chi connectivity index (χ4v) is 5.00. The number of hydrogen-bond acceptors (Lipinski definition) is 4. The van der Waals surface area contributed by atoms with Gasteiger partial charge in [-0.25, -0.2) is 0 Å². The molecule has 0 unspecified atom stereocenters. The molecule has 33 heavy (non-hydrogen) atoms. The number of hydrogen-bond donors (Lipinski definition) is 2. The third kappa shape index (κ3) is 3.91. The van der Waals surface area contributed by atoms with Crippen LogP contribution >= 0.6 is 0 Å². The van der Waals surface area contributed by atoms with Crippen molar-refractivity contribution in [1.29, 1.82) is 0 Å². The van der Waals surface area contributed by atoms with Crippen molar-refractivity contribution in [2.24, 2.45) is 5.73 Å². The second kappa shape index (κ2) is 8.45. The summed E-state index contributed by atoms with van der Waals surface area (Å²) in [7, 11) is 5.97. The number of piperidine rings is 1. The number of fused-ring (bicyclic) bond motifs is 3. The topological polar surface area (TPSA) is 74.6 Å². The summed E-state index contributed by atoms with van der Waals surface area (Å²) >= 11 is 0. The first-order valence-electron chi connectivity index (χ1n) is 11.4. The van der Waals surface area contributed by atoms with E-state index in [4.69, 9.17) is 10.5 Å². The molecule has 3 N–H and O–H groups in total. The number of nitrogens with one attached hydrogen (secondary N) is 1. The van der Waals surface area contributed by atoms with Crippen molar-refractivity contribution in [3.63, 3.8) is 0 Å². The van der Waals surface area contributed by atoms with Crippen LogP contribution in [0.3, 0.4) is 0 Å². The van der Waals surface area contributed by atoms with Gasteiger partial charge in [-0.2, -0.15) is 0 Å². The molecule has 0 saturated carbocycles. The van der Waals surface area contributed by atoms with Crippen LogP contribution in [0.2, 0.25) is 0 Å². The average molecular weight is 443 g/mol. The first-order valence-corrected chi connectivity index (χ1v) is 11.4. The summed E-state index contributed by atoms with van der Waals surface area (Å²) in [5.41, 5.74) is 11.2. The van der Waals surface area contributed by atoms with Crippen LogP contribution in [-0.4, -0.2) is 56.1 Å². The Bertz CT molecular complexity index is 1330. The summed E-state index contributed by atoms with van der Waals surface area (Å²) in [6.07, 6.45) is 2.32. The average Bonchev–Trinajstić information content (AvgIpc) is 3.21. The Kier molecular flexibility index (Phi) is 5.46. The predicted molar refractivity (Wildman–Crippen MR) is 135 cm³/mol. The molecule has 0 spiro atoms. The van der Waals surface area contributed by atoms with E-state index in [1.54, 1.807) is 7.11 Å². The Labute approximate surface area is 193 Å². The Morgan fingerprint density at radius 3 is 2.52 bits per heavy atom. The van der Waals surface area contributed by atoms with Gasteiger partial charge in [-0.15, -0.1) is 0 Å². The van der Waals surface area contributed by atoms with E-state index in [2.05, 4.69) is 53.1 Å². The first kappa shape index (κ1) is 21.3. The lowest BCUT2D eigenvalue weighted by atomic mass is 9.98. The van der Waals surface area contributed by atoms with Crippen molar-refractivity contribution >= 4 is 33.4 Å². The molecule has 2 heterocycles. The molecule has 3 aromatic carbocycles. The maximum absolute atomic E-state index is 12.4. The van der Waals surface area contributed by atoms with Crippen LogP contribution in [0.5, 0.6) is 5.75 Å². The Morgan fingerprint density at radius 1 is 1.03 bits per heavy atom. The lowest BCUT2D eigenvalue weighted by Gasteiger charge is -2.36. The number of nitrogens with two attached hydrogens (primary N) is 1. The van der Waals surface area contributed by atoms with Gasteiger partial charge in [-0.05, 0) is 74.5 Å². The lowest BCUT2D eigenvalue weighted by molar-refractivity contribution is 0.100. The standard InChI is InChI=1S/C27H30N4O2/c1-30(2)19-9-11-31(12-10-19)20-7-8-22-23-14-18(17-5-4-6-21(13-17)33-3)15-24(27(28)32)26(23)29-25(22)16-20/h4-8,13-16,19,29H,9-12H2,1-3H3,(H2,28,32). The van der Waals surface area contributed by atoms with E-state index in [1.807, 2.05) is 30.3 Å². The summed E-state index contributed by atoms with van der Waals surface area (Å²) < 4.78 is 5.38. The van der Waals surface area contributed by atoms with Crippen LogP contribution in [0.4, 0.5) is 5.69 Å². The van der Waals surface area contributed by atoms with Gasteiger partial charge in [-0.1, -0.05) is 18.2 Å². The normalized spacial score (nSPS) is 15.0. The number of aromatic nitrogens is 1. The summed E-state index contributed by atoms with van der Waals surface area (Å²) in [6, 6.07) is 19.0. The highest BCUT2D eigenvalue weighted by atomic mass is 16.5. The van der Waals surface area contributed by atoms with E-state index >= 15 is 0 Å². The molecule has 6 nitrogen and oxygen atoms in total. The largest absolute Gasteiger partial charge is 0.497 e. The van der Waals surface area contributed by atoms with Crippen LogP contribution < -0.4 is 15.4 Å². The van der Waals surface area contributed by atoms with Crippen LogP contribution in [-0.2, 0) is 0 Å². The number of carbonyl (C=O) groups excluding carboxylic acids is 1. The zero-order valence-corrected chi connectivity index (χ0v) is 19.4. The molecule has 6 heteroatoms. The number of rotatable bonds is 5. The van der Waals surface area contributed by atoms with E-state index in [1.165, 1.54) is 5.69 Å². The fourth-order valence-electron chi connectivity index (χ4n) is 5.00. The minimum atomic E-state index is -0.442. The highest BCUT2D eigenvalue weighted by Crippen LogP contribution is 2.35. The van der Waals surface area contributed by atoms with Crippen LogP contribution in [0.25, 0.3) is 32.9 Å². The third-order valence-corrected chi connectivity index (χ3v) is 6.92. The SMILES string of the molecule is COc1cccc(-c2cc(C(N)=O)c3[nH]c4cc(N5CCC(N(C)C)CC5)ccc4c3c2)c1. The minimum absolute atomic E-state index is 0.442. The number of carbonyl (C=O) groups is 1. The van der Waals surface area contributed by atoms with Gasteiger partial charge < -0.3 is 25.3 Å². The molecule has 0 bridgehead atoms. The van der Waals surface area contributed by atoms with E-state index in [0.717, 1.165) is 64.6 Å². The van der Waals surface area contributed by atoms with Crippen LogP contribution in [0.15, 0.2) is 54.6 Å². The second-order valence-corrected chi connectivity index (χ2v) is 9.08. The molecule has 1 amide bonds. The van der Waals surface area contributed by atoms with E-state index < -0.39 is 5.91 Å². The van der Waals surface area contributed by atoms with Gasteiger partial charge in [0, 0.05) is 41.1 Å². The summed E-state index contributed by atoms with van der Waals surface area (Å²) in [5, 5.41) is 2.08. The fraction of sp³-hybridized carbons (Fsp3) is 0.296. The molecule has 4 aromatic rings. The Balaban J connectivity index is 1.58. The van der Waals surface area contributed by atoms with Gasteiger partial charge in [0.05, 0.1) is 18.2 Å². The van der Waals surface area contributed by atoms with Gasteiger partial charge in [0.15, 0.2) is 0 Å². The van der Waals surface area contributed by atoms with Crippen molar-refractivity contribution in [2.45, 2.75) is 18.9 Å². The van der Waals surface area contributed by atoms with Gasteiger partial charge in [0.2, 0.25) is 0 Å². The van der Waals surface area contributed by atoms with Gasteiger partial charge in [0.25, 0.3) is 5.91 Å². The number of primary amides is 1. The highest BCUT2D eigenvalue weighted by molar-refractivity contribution is 6.16. The third-order valence-electron chi connectivity index (χ3n) is 6.92. The zero-order valence-electron chi connectivity index (χ0n) is 19.4. The summed E-state index contributed by atoms with van der Waals surface area (Å²) in [4.78, 5) is 20.6. The predicted octanol–water partition coefficient (Wildman–Crippen LogP) is 4.63. The van der Waals surface area contributed by atoms with Gasteiger partial charge in [0.1, 0.15) is 5.75 Å². The van der Waals surface area contributed by atoms with Crippen molar-refractivity contribution in [2.75, 3.05) is 39.2 Å². The lowest BCUT2D eigenvalue weighted by Crippen LogP contribution is -2.41. The smallest absolute Gasteiger partial charge is 0.250 e. The zero-order chi connectivity index (χ0) is 23.1. The molecule has 5 rings (SSSR count). The molecule has 170 valence electrons. The number of aromatic amines is 1. The number of ether oxygens (including phenoxy) is 1. The van der Waals surface area contributed by atoms with Gasteiger partial charge in [-0.3, -0.25) is 4.79 Å². The van der Waals surface area contributed by atoms with E-state index in [0.29, 0.717) is 11.6 Å². The first-order chi connectivity index (χ1) is 15.9. The number of benzene rings is 3. The highest BCUT2D eigenvalue weighted by Gasteiger charge is 2.22. The number of anilines is 1.